The van der Waals surface area contributed by atoms with Gasteiger partial charge in [0.25, 0.3) is 0 Å². The van der Waals surface area contributed by atoms with Gasteiger partial charge in [0, 0.05) is 5.41 Å². The van der Waals surface area contributed by atoms with E-state index in [1.807, 2.05) is 6.92 Å². The molecule has 0 rings (SSSR count). The maximum absolute atomic E-state index is 10.8. The quantitative estimate of drug-likeness (QED) is 0.335. The molecule has 0 saturated heterocycles. The first-order chi connectivity index (χ1) is 6.87. The summed E-state index contributed by atoms with van der Waals surface area (Å²) in [7, 11) is 0. The Bertz CT molecular complexity index is 226. The van der Waals surface area contributed by atoms with Gasteiger partial charge in [0.1, 0.15) is 0 Å². The fourth-order valence-electron chi connectivity index (χ4n) is 1.47. The molecule has 4 nitrogen and oxygen atoms in total. The van der Waals surface area contributed by atoms with E-state index in [1.165, 1.54) is 0 Å². The van der Waals surface area contributed by atoms with Crippen LogP contribution in [-0.2, 0) is 9.59 Å². The second-order valence-electron chi connectivity index (χ2n) is 4.17. The molecule has 0 spiro atoms. The van der Waals surface area contributed by atoms with Gasteiger partial charge in [-0.25, -0.2) is 0 Å². The summed E-state index contributed by atoms with van der Waals surface area (Å²) in [5.41, 5.74) is -1.88. The van der Waals surface area contributed by atoms with Crippen LogP contribution in [0.15, 0.2) is 0 Å². The van der Waals surface area contributed by atoms with Crippen LogP contribution in [0.1, 0.15) is 46.5 Å². The minimum absolute atomic E-state index is 0. The normalized spacial score (nSPS) is 12.7. The number of rotatable bonds is 7. The van der Waals surface area contributed by atoms with Crippen molar-refractivity contribution >= 4 is 35.0 Å². The molecule has 0 radical (unpaired) electrons. The molecule has 5 heteroatoms. The van der Waals surface area contributed by atoms with Gasteiger partial charge in [0.15, 0.2) is 0 Å². The summed E-state index contributed by atoms with van der Waals surface area (Å²) in [6.45, 7) is 4.80. The van der Waals surface area contributed by atoms with E-state index in [1.54, 1.807) is 6.92 Å². The predicted molar refractivity (Wildman–Crippen MR) is 57.2 cm³/mol. The molecule has 0 aromatic heterocycles. The van der Waals surface area contributed by atoms with E-state index in [4.69, 9.17) is 0 Å². The number of carboxylic acids is 2. The van der Waals surface area contributed by atoms with Crippen LogP contribution < -0.4 is 10.2 Å². The molecule has 0 aliphatic carbocycles. The number of carbonyl (C=O) groups is 2. The van der Waals surface area contributed by atoms with E-state index >= 15 is 0 Å². The van der Waals surface area contributed by atoms with Gasteiger partial charge in [-0.15, -0.1) is 0 Å². The van der Waals surface area contributed by atoms with Crippen molar-refractivity contribution < 1.29 is 19.8 Å². The summed E-state index contributed by atoms with van der Waals surface area (Å²) in [5, 5.41) is 21.6. The Balaban J connectivity index is 0. The fourth-order valence-corrected chi connectivity index (χ4v) is 1.47. The third-order valence-corrected chi connectivity index (χ3v) is 3.07. The molecule has 1 atom stereocenters. The minimum atomic E-state index is -1.88. The van der Waals surface area contributed by atoms with Gasteiger partial charge in [-0.2, -0.15) is 0 Å². The zero-order valence-electron chi connectivity index (χ0n) is 10.2. The summed E-state index contributed by atoms with van der Waals surface area (Å²) in [6.07, 6.45) is 3.38. The molecular formula is C11H18MgO4. The number of carboxylic acid groups (broad SMARTS) is 2. The van der Waals surface area contributed by atoms with Crippen LogP contribution in [0.4, 0.5) is 0 Å². The maximum Gasteiger partial charge on any atom is 2.00 e. The van der Waals surface area contributed by atoms with Gasteiger partial charge in [0.05, 0.1) is 11.9 Å². The Hall–Kier alpha value is -0.294. The van der Waals surface area contributed by atoms with E-state index < -0.39 is 23.3 Å². The van der Waals surface area contributed by atoms with Crippen molar-refractivity contribution in [1.82, 2.24) is 0 Å². The Morgan fingerprint density at radius 3 is 1.94 bits per heavy atom. The number of aliphatic carboxylic acids is 2. The van der Waals surface area contributed by atoms with Crippen LogP contribution >= 0.6 is 0 Å². The summed E-state index contributed by atoms with van der Waals surface area (Å²) >= 11 is 0. The molecular weight excluding hydrogens is 220 g/mol. The van der Waals surface area contributed by atoms with Crippen LogP contribution in [0.3, 0.4) is 0 Å². The first-order valence-electron chi connectivity index (χ1n) is 5.30. The van der Waals surface area contributed by atoms with Crippen molar-refractivity contribution in [2.45, 2.75) is 46.5 Å². The molecule has 0 fully saturated rings. The van der Waals surface area contributed by atoms with E-state index in [9.17, 15) is 19.8 Å². The number of unbranched alkanes of at least 4 members (excludes halogenated alkanes) is 2. The average molecular weight is 239 g/mol. The standard InChI is InChI=1S/C11H20O4.Mg/c1-4-5-6-7-8(2)11(3,9(12)13)10(14)15;/h8H,4-7H2,1-3H3,(H,12,13)(H,14,15);/q;+2/p-2. The van der Waals surface area contributed by atoms with Crippen LogP contribution in [0.5, 0.6) is 0 Å². The van der Waals surface area contributed by atoms with Crippen molar-refractivity contribution in [2.75, 3.05) is 0 Å². The number of carbonyl (C=O) groups excluding carboxylic acids is 2. The molecule has 0 aliphatic rings. The van der Waals surface area contributed by atoms with Gasteiger partial charge in [0.2, 0.25) is 0 Å². The molecule has 1 unspecified atom stereocenters. The van der Waals surface area contributed by atoms with Gasteiger partial charge in [-0.05, 0) is 19.3 Å². The third-order valence-electron chi connectivity index (χ3n) is 3.07. The van der Waals surface area contributed by atoms with Crippen LogP contribution in [0.2, 0.25) is 0 Å². The molecule has 0 aromatic rings. The Morgan fingerprint density at radius 2 is 1.62 bits per heavy atom. The maximum atomic E-state index is 10.8. The summed E-state index contributed by atoms with van der Waals surface area (Å²) in [6, 6.07) is 0. The molecule has 0 saturated carbocycles. The zero-order valence-corrected chi connectivity index (χ0v) is 11.7. The topological polar surface area (TPSA) is 80.3 Å². The largest absolute Gasteiger partial charge is 2.00 e. The Labute approximate surface area is 113 Å². The van der Waals surface area contributed by atoms with Crippen LogP contribution in [-0.4, -0.2) is 35.0 Å². The molecule has 0 aliphatic heterocycles. The van der Waals surface area contributed by atoms with Crippen molar-refractivity contribution in [1.29, 1.82) is 0 Å². The minimum Gasteiger partial charge on any atom is -0.549 e. The molecule has 0 bridgehead atoms. The fraction of sp³-hybridized carbons (Fsp3) is 0.818. The van der Waals surface area contributed by atoms with E-state index in [0.717, 1.165) is 26.2 Å². The average Bonchev–Trinajstić information content (AvgIpc) is 2.15. The molecule has 0 aromatic carbocycles. The first kappa shape index (κ1) is 18.1. The number of hydrogen-bond donors (Lipinski definition) is 0. The zero-order chi connectivity index (χ0) is 12.1. The first-order valence-corrected chi connectivity index (χ1v) is 5.30. The smallest absolute Gasteiger partial charge is 0.549 e. The molecule has 88 valence electrons. The summed E-state index contributed by atoms with van der Waals surface area (Å²) in [4.78, 5) is 21.6. The van der Waals surface area contributed by atoms with E-state index in [2.05, 4.69) is 0 Å². The molecule has 0 N–H and O–H groups in total. The van der Waals surface area contributed by atoms with Crippen LogP contribution in [0, 0.1) is 11.3 Å². The van der Waals surface area contributed by atoms with E-state index in [0.29, 0.717) is 6.42 Å². The predicted octanol–water partition coefficient (Wildman–Crippen LogP) is -0.672. The van der Waals surface area contributed by atoms with E-state index in [-0.39, 0.29) is 23.1 Å². The van der Waals surface area contributed by atoms with Crippen molar-refractivity contribution in [3.8, 4) is 0 Å². The van der Waals surface area contributed by atoms with Gasteiger partial charge < -0.3 is 19.8 Å². The van der Waals surface area contributed by atoms with Crippen LogP contribution in [0.25, 0.3) is 0 Å². The molecule has 0 amide bonds. The molecule has 0 heterocycles. The summed E-state index contributed by atoms with van der Waals surface area (Å²) < 4.78 is 0. The van der Waals surface area contributed by atoms with Gasteiger partial charge in [-0.1, -0.05) is 33.1 Å². The monoisotopic (exact) mass is 238 g/mol. The third kappa shape index (κ3) is 4.29. The van der Waals surface area contributed by atoms with Crippen molar-refractivity contribution in [3.63, 3.8) is 0 Å². The van der Waals surface area contributed by atoms with Crippen molar-refractivity contribution in [3.05, 3.63) is 0 Å². The van der Waals surface area contributed by atoms with Gasteiger partial charge >= 0.3 is 23.1 Å². The second-order valence-corrected chi connectivity index (χ2v) is 4.17. The number of hydrogen-bond acceptors (Lipinski definition) is 4. The van der Waals surface area contributed by atoms with Gasteiger partial charge in [-0.3, -0.25) is 0 Å². The molecule has 16 heavy (non-hydrogen) atoms. The van der Waals surface area contributed by atoms with Crippen molar-refractivity contribution in [2.24, 2.45) is 11.3 Å². The summed E-state index contributed by atoms with van der Waals surface area (Å²) in [5.74, 6) is -3.60. The second kappa shape index (κ2) is 7.90. The Morgan fingerprint density at radius 1 is 1.19 bits per heavy atom. The Kier molecular flexibility index (Phi) is 8.92. The SMILES string of the molecule is CCCCCC(C)C(C)(C(=O)[O-])C(=O)[O-].[Mg+2].